The lowest BCUT2D eigenvalue weighted by atomic mass is 10.1. The molecule has 3 heteroatoms. The fraction of sp³-hybridized carbons (Fsp3) is 0.222. The van der Waals surface area contributed by atoms with Gasteiger partial charge in [-0.25, -0.2) is 0 Å². The number of hydrogen-bond donors (Lipinski definition) is 1. The van der Waals surface area contributed by atoms with Crippen LogP contribution >= 0.6 is 0 Å². The summed E-state index contributed by atoms with van der Waals surface area (Å²) in [6.07, 6.45) is 0.378. The molecular weight excluding hydrogens is 154 g/mol. The lowest BCUT2D eigenvalue weighted by Gasteiger charge is -1.98. The molecule has 62 valence electrons. The second kappa shape index (κ2) is 2.60. The maximum atomic E-state index is 10.8. The highest BCUT2D eigenvalue weighted by molar-refractivity contribution is 5.80. The van der Waals surface area contributed by atoms with Crippen molar-refractivity contribution in [3.05, 3.63) is 29.3 Å². The molecule has 0 aromatic heterocycles. The molecule has 2 rings (SSSR count). The van der Waals surface area contributed by atoms with Crippen LogP contribution in [0, 0.1) is 0 Å². The second-order valence-electron chi connectivity index (χ2n) is 2.80. The van der Waals surface area contributed by atoms with Gasteiger partial charge in [-0.05, 0) is 11.6 Å². The molecule has 3 nitrogen and oxygen atoms in total. The van der Waals surface area contributed by atoms with Crippen LogP contribution in [0.3, 0.4) is 0 Å². The number of rotatable bonds is 1. The molecule has 2 N–H and O–H groups in total. The zero-order chi connectivity index (χ0) is 8.55. The third-order valence-corrected chi connectivity index (χ3v) is 1.92. The predicted octanol–water partition coefficient (Wildman–Crippen LogP) is 0.607. The van der Waals surface area contributed by atoms with Crippen molar-refractivity contribution >= 4 is 5.97 Å². The van der Waals surface area contributed by atoms with Gasteiger partial charge in [0, 0.05) is 12.1 Å². The summed E-state index contributed by atoms with van der Waals surface area (Å²) < 4.78 is 4.93. The fourth-order valence-electron chi connectivity index (χ4n) is 1.31. The summed E-state index contributed by atoms with van der Waals surface area (Å²) in [5.74, 6) is 0.497. The van der Waals surface area contributed by atoms with E-state index in [0.717, 1.165) is 11.1 Å². The van der Waals surface area contributed by atoms with Gasteiger partial charge in [-0.1, -0.05) is 12.1 Å². The molecular formula is C9H9NO2. The van der Waals surface area contributed by atoms with Crippen LogP contribution in [-0.4, -0.2) is 5.97 Å². The maximum Gasteiger partial charge on any atom is 0.315 e. The molecule has 1 aromatic rings. The van der Waals surface area contributed by atoms with E-state index in [0.29, 0.717) is 18.7 Å². The molecule has 1 heterocycles. The second-order valence-corrected chi connectivity index (χ2v) is 2.80. The lowest BCUT2D eigenvalue weighted by Crippen LogP contribution is -2.00. The van der Waals surface area contributed by atoms with Gasteiger partial charge in [0.05, 0.1) is 6.42 Å². The molecule has 0 radical (unpaired) electrons. The number of esters is 1. The summed E-state index contributed by atoms with van der Waals surface area (Å²) in [4.78, 5) is 10.8. The van der Waals surface area contributed by atoms with E-state index in [1.807, 2.05) is 12.1 Å². The first-order valence-corrected chi connectivity index (χ1v) is 3.82. The summed E-state index contributed by atoms with van der Waals surface area (Å²) in [5, 5.41) is 0. The Balaban J connectivity index is 2.41. The average molecular weight is 163 g/mol. The van der Waals surface area contributed by atoms with Crippen molar-refractivity contribution in [3.8, 4) is 5.75 Å². The van der Waals surface area contributed by atoms with E-state index in [4.69, 9.17) is 10.5 Å². The number of fused-ring (bicyclic) bond motifs is 1. The lowest BCUT2D eigenvalue weighted by molar-refractivity contribution is -0.131. The van der Waals surface area contributed by atoms with Gasteiger partial charge >= 0.3 is 5.97 Å². The molecule has 0 spiro atoms. The highest BCUT2D eigenvalue weighted by atomic mass is 16.5. The van der Waals surface area contributed by atoms with Crippen LogP contribution in [0.15, 0.2) is 18.2 Å². The minimum atomic E-state index is -0.181. The predicted molar refractivity (Wildman–Crippen MR) is 43.7 cm³/mol. The van der Waals surface area contributed by atoms with Crippen LogP contribution in [0.1, 0.15) is 11.1 Å². The van der Waals surface area contributed by atoms with Crippen molar-refractivity contribution in [3.63, 3.8) is 0 Å². The van der Waals surface area contributed by atoms with E-state index in [1.165, 1.54) is 0 Å². The Morgan fingerprint density at radius 1 is 1.50 bits per heavy atom. The van der Waals surface area contributed by atoms with Crippen LogP contribution in [0.5, 0.6) is 5.75 Å². The molecule has 0 amide bonds. The molecule has 0 aliphatic carbocycles. The maximum absolute atomic E-state index is 10.8. The SMILES string of the molecule is NCc1ccc2c(c1)CC(=O)O2. The highest BCUT2D eigenvalue weighted by Gasteiger charge is 2.19. The van der Waals surface area contributed by atoms with E-state index in [9.17, 15) is 4.79 Å². The van der Waals surface area contributed by atoms with Gasteiger partial charge in [-0.2, -0.15) is 0 Å². The summed E-state index contributed by atoms with van der Waals surface area (Å²) in [6.45, 7) is 0.501. The quantitative estimate of drug-likeness (QED) is 0.487. The van der Waals surface area contributed by atoms with Crippen LogP contribution < -0.4 is 10.5 Å². The molecule has 12 heavy (non-hydrogen) atoms. The van der Waals surface area contributed by atoms with Crippen molar-refractivity contribution < 1.29 is 9.53 Å². The Kier molecular flexibility index (Phi) is 1.59. The average Bonchev–Trinajstić information content (AvgIpc) is 2.43. The first-order chi connectivity index (χ1) is 5.79. The van der Waals surface area contributed by atoms with Gasteiger partial charge in [-0.15, -0.1) is 0 Å². The summed E-state index contributed by atoms with van der Waals surface area (Å²) in [7, 11) is 0. The van der Waals surface area contributed by atoms with Crippen LogP contribution in [0.25, 0.3) is 0 Å². The number of carbonyl (C=O) groups is 1. The minimum absolute atomic E-state index is 0.181. The van der Waals surface area contributed by atoms with Crippen LogP contribution in [0.4, 0.5) is 0 Å². The first-order valence-electron chi connectivity index (χ1n) is 3.82. The van der Waals surface area contributed by atoms with E-state index in [-0.39, 0.29) is 5.97 Å². The van der Waals surface area contributed by atoms with Gasteiger partial charge in [0.2, 0.25) is 0 Å². The third kappa shape index (κ3) is 1.08. The zero-order valence-corrected chi connectivity index (χ0v) is 6.54. The van der Waals surface area contributed by atoms with Gasteiger partial charge in [0.1, 0.15) is 5.75 Å². The summed E-state index contributed by atoms with van der Waals surface area (Å²) in [5.41, 5.74) is 7.43. The molecule has 0 saturated carbocycles. The zero-order valence-electron chi connectivity index (χ0n) is 6.54. The number of benzene rings is 1. The monoisotopic (exact) mass is 163 g/mol. The van der Waals surface area contributed by atoms with Crippen molar-refractivity contribution in [2.45, 2.75) is 13.0 Å². The molecule has 1 aliphatic heterocycles. The van der Waals surface area contributed by atoms with Gasteiger partial charge in [0.25, 0.3) is 0 Å². The van der Waals surface area contributed by atoms with Crippen molar-refractivity contribution in [2.75, 3.05) is 0 Å². The molecule has 0 atom stereocenters. The summed E-state index contributed by atoms with van der Waals surface area (Å²) >= 11 is 0. The smallest absolute Gasteiger partial charge is 0.315 e. The molecule has 1 aromatic carbocycles. The van der Waals surface area contributed by atoms with Gasteiger partial charge in [-0.3, -0.25) is 4.79 Å². The fourth-order valence-corrected chi connectivity index (χ4v) is 1.31. The Labute approximate surface area is 70.1 Å². The van der Waals surface area contributed by atoms with Crippen molar-refractivity contribution in [2.24, 2.45) is 5.73 Å². The van der Waals surface area contributed by atoms with Gasteiger partial charge in [0.15, 0.2) is 0 Å². The molecule has 0 fully saturated rings. The molecule has 0 bridgehead atoms. The van der Waals surface area contributed by atoms with Gasteiger partial charge < -0.3 is 10.5 Å². The van der Waals surface area contributed by atoms with E-state index in [1.54, 1.807) is 6.07 Å². The summed E-state index contributed by atoms with van der Waals surface area (Å²) in [6, 6.07) is 5.58. The normalized spacial score (nSPS) is 14.2. The number of ether oxygens (including phenoxy) is 1. The number of hydrogen-bond acceptors (Lipinski definition) is 3. The van der Waals surface area contributed by atoms with E-state index < -0.39 is 0 Å². The number of nitrogens with two attached hydrogens (primary N) is 1. The van der Waals surface area contributed by atoms with Crippen molar-refractivity contribution in [1.82, 2.24) is 0 Å². The Morgan fingerprint density at radius 3 is 3.08 bits per heavy atom. The van der Waals surface area contributed by atoms with Crippen molar-refractivity contribution in [1.29, 1.82) is 0 Å². The number of carbonyl (C=O) groups excluding carboxylic acids is 1. The van der Waals surface area contributed by atoms with E-state index in [2.05, 4.69) is 0 Å². The Morgan fingerprint density at radius 2 is 2.33 bits per heavy atom. The molecule has 0 saturated heterocycles. The topological polar surface area (TPSA) is 52.3 Å². The molecule has 0 unspecified atom stereocenters. The highest BCUT2D eigenvalue weighted by Crippen LogP contribution is 2.26. The Bertz CT molecular complexity index is 333. The third-order valence-electron chi connectivity index (χ3n) is 1.92. The minimum Gasteiger partial charge on any atom is -0.426 e. The Hall–Kier alpha value is -1.35. The largest absolute Gasteiger partial charge is 0.426 e. The van der Waals surface area contributed by atoms with Crippen LogP contribution in [0.2, 0.25) is 0 Å². The van der Waals surface area contributed by atoms with Crippen LogP contribution in [-0.2, 0) is 17.8 Å². The van der Waals surface area contributed by atoms with E-state index >= 15 is 0 Å². The standard InChI is InChI=1S/C9H9NO2/c10-5-6-1-2-8-7(3-6)4-9(11)12-8/h1-3H,4-5,10H2. The molecule has 1 aliphatic rings. The first kappa shape index (κ1) is 7.31.